The fourth-order valence-corrected chi connectivity index (χ4v) is 3.70. The van der Waals surface area contributed by atoms with Crippen LogP contribution in [0.15, 0.2) is 45.9 Å². The molecule has 0 bridgehead atoms. The van der Waals surface area contributed by atoms with E-state index in [-0.39, 0.29) is 16.8 Å². The summed E-state index contributed by atoms with van der Waals surface area (Å²) in [5.41, 5.74) is 2.62. The topological polar surface area (TPSA) is 88.4 Å². The summed E-state index contributed by atoms with van der Waals surface area (Å²) in [4.78, 5) is 12.2. The van der Waals surface area contributed by atoms with Crippen LogP contribution in [0.1, 0.15) is 40.4 Å². The van der Waals surface area contributed by atoms with Gasteiger partial charge in [0.15, 0.2) is 5.76 Å². The van der Waals surface area contributed by atoms with Gasteiger partial charge in [-0.3, -0.25) is 4.79 Å². The van der Waals surface area contributed by atoms with E-state index in [0.29, 0.717) is 6.54 Å². The van der Waals surface area contributed by atoms with Crippen molar-refractivity contribution < 1.29 is 17.6 Å². The van der Waals surface area contributed by atoms with Crippen molar-refractivity contribution in [3.63, 3.8) is 0 Å². The molecule has 0 aliphatic heterocycles. The van der Waals surface area contributed by atoms with Gasteiger partial charge in [0.25, 0.3) is 15.9 Å². The van der Waals surface area contributed by atoms with Gasteiger partial charge in [-0.2, -0.15) is 0 Å². The van der Waals surface area contributed by atoms with Gasteiger partial charge in [0.1, 0.15) is 0 Å². The summed E-state index contributed by atoms with van der Waals surface area (Å²) in [5.74, 6) is -0.141. The first-order valence-corrected chi connectivity index (χ1v) is 9.39. The molecule has 1 aliphatic rings. The number of aryl methyl sites for hydroxylation is 1. The minimum atomic E-state index is -3.68. The van der Waals surface area contributed by atoms with Gasteiger partial charge in [-0.15, -0.1) is 0 Å². The third kappa shape index (κ3) is 3.37. The van der Waals surface area contributed by atoms with E-state index in [1.807, 2.05) is 12.1 Å². The maximum absolute atomic E-state index is 12.2. The lowest BCUT2D eigenvalue weighted by atomic mass is 9.83. The van der Waals surface area contributed by atoms with Crippen LogP contribution in [0.4, 0.5) is 0 Å². The van der Waals surface area contributed by atoms with E-state index in [4.69, 9.17) is 4.42 Å². The molecule has 24 heavy (non-hydrogen) atoms. The lowest BCUT2D eigenvalue weighted by Gasteiger charge is -2.25. The van der Waals surface area contributed by atoms with Gasteiger partial charge < -0.3 is 9.73 Å². The summed E-state index contributed by atoms with van der Waals surface area (Å²) in [5, 5.41) is 2.58. The number of carbonyl (C=O) groups is 1. The summed E-state index contributed by atoms with van der Waals surface area (Å²) >= 11 is 0. The van der Waals surface area contributed by atoms with Crippen LogP contribution in [0.5, 0.6) is 0 Å². The Labute approximate surface area is 141 Å². The molecule has 1 amide bonds. The van der Waals surface area contributed by atoms with Crippen LogP contribution in [-0.2, 0) is 16.4 Å². The zero-order valence-electron chi connectivity index (χ0n) is 13.4. The molecule has 7 heteroatoms. The Morgan fingerprint density at radius 3 is 2.83 bits per heavy atom. The molecule has 1 aromatic carbocycles. The molecule has 2 N–H and O–H groups in total. The van der Waals surface area contributed by atoms with Gasteiger partial charge in [-0.1, -0.05) is 24.3 Å². The molecular weight excluding hydrogens is 328 g/mol. The fourth-order valence-electron chi connectivity index (χ4n) is 3.06. The number of carbonyl (C=O) groups excluding carboxylic acids is 1. The minimum absolute atomic E-state index is 0.00656. The lowest BCUT2D eigenvalue weighted by Crippen LogP contribution is -2.29. The van der Waals surface area contributed by atoms with Crippen LogP contribution < -0.4 is 10.0 Å². The normalized spacial score (nSPS) is 17.3. The standard InChI is InChI=1S/C17H20N2O4S/c1-18-24(21,22)16-10-9-15(23-16)17(20)19-11-13-7-4-6-12-5-2-3-8-14(12)13/h2-3,5,8-10,13,18H,4,6-7,11H2,1H3,(H,19,20)/t13-/m0/s1. The summed E-state index contributed by atoms with van der Waals surface area (Å²) in [6.45, 7) is 0.505. The highest BCUT2D eigenvalue weighted by Crippen LogP contribution is 2.30. The first kappa shape index (κ1) is 16.7. The first-order valence-electron chi connectivity index (χ1n) is 7.90. The van der Waals surface area contributed by atoms with E-state index < -0.39 is 15.9 Å². The molecule has 0 radical (unpaired) electrons. The Morgan fingerprint density at radius 2 is 2.04 bits per heavy atom. The largest absolute Gasteiger partial charge is 0.438 e. The lowest BCUT2D eigenvalue weighted by molar-refractivity contribution is 0.0917. The number of rotatable bonds is 5. The zero-order chi connectivity index (χ0) is 17.2. The molecule has 1 aliphatic carbocycles. The smallest absolute Gasteiger partial charge is 0.287 e. The molecule has 1 atom stereocenters. The minimum Gasteiger partial charge on any atom is -0.438 e. The van der Waals surface area contributed by atoms with Crippen LogP contribution in [0.2, 0.25) is 0 Å². The molecule has 1 heterocycles. The second-order valence-corrected chi connectivity index (χ2v) is 7.64. The van der Waals surface area contributed by atoms with Crippen molar-refractivity contribution in [2.45, 2.75) is 30.3 Å². The van der Waals surface area contributed by atoms with E-state index in [2.05, 4.69) is 22.2 Å². The highest BCUT2D eigenvalue weighted by Gasteiger charge is 2.22. The van der Waals surface area contributed by atoms with Crippen molar-refractivity contribution in [2.24, 2.45) is 0 Å². The second kappa shape index (κ2) is 6.78. The van der Waals surface area contributed by atoms with Crippen molar-refractivity contribution in [2.75, 3.05) is 13.6 Å². The second-order valence-electron chi connectivity index (χ2n) is 5.82. The molecule has 128 valence electrons. The Bertz CT molecular complexity index is 842. The van der Waals surface area contributed by atoms with E-state index in [1.54, 1.807) is 0 Å². The fraction of sp³-hybridized carbons (Fsp3) is 0.353. The quantitative estimate of drug-likeness (QED) is 0.865. The molecule has 0 unspecified atom stereocenters. The van der Waals surface area contributed by atoms with Gasteiger partial charge in [-0.25, -0.2) is 13.1 Å². The van der Waals surface area contributed by atoms with Crippen molar-refractivity contribution in [3.8, 4) is 0 Å². The average Bonchev–Trinajstić information content (AvgIpc) is 3.10. The Balaban J connectivity index is 1.67. The summed E-state index contributed by atoms with van der Waals surface area (Å²) in [7, 11) is -2.39. The molecule has 0 saturated heterocycles. The number of furan rings is 1. The average molecular weight is 348 g/mol. The Morgan fingerprint density at radius 1 is 1.25 bits per heavy atom. The van der Waals surface area contributed by atoms with Crippen molar-refractivity contribution in [3.05, 3.63) is 53.3 Å². The maximum atomic E-state index is 12.2. The number of fused-ring (bicyclic) bond motifs is 1. The molecule has 0 saturated carbocycles. The SMILES string of the molecule is CNS(=O)(=O)c1ccc(C(=O)NC[C@@H]2CCCc3ccccc32)o1. The zero-order valence-corrected chi connectivity index (χ0v) is 14.2. The van der Waals surface area contributed by atoms with Crippen LogP contribution in [0, 0.1) is 0 Å². The van der Waals surface area contributed by atoms with Crippen LogP contribution in [0.25, 0.3) is 0 Å². The number of hydrogen-bond acceptors (Lipinski definition) is 4. The molecule has 0 spiro atoms. The van der Waals surface area contributed by atoms with Gasteiger partial charge in [0.05, 0.1) is 0 Å². The number of nitrogens with one attached hydrogen (secondary N) is 2. The van der Waals surface area contributed by atoms with E-state index >= 15 is 0 Å². The van der Waals surface area contributed by atoms with Gasteiger partial charge in [0.2, 0.25) is 5.09 Å². The monoisotopic (exact) mass is 348 g/mol. The van der Waals surface area contributed by atoms with Crippen LogP contribution >= 0.6 is 0 Å². The van der Waals surface area contributed by atoms with E-state index in [1.165, 1.54) is 30.3 Å². The maximum Gasteiger partial charge on any atom is 0.287 e. The number of hydrogen-bond donors (Lipinski definition) is 2. The van der Waals surface area contributed by atoms with Crippen LogP contribution in [0.3, 0.4) is 0 Å². The van der Waals surface area contributed by atoms with Gasteiger partial charge >= 0.3 is 0 Å². The number of amides is 1. The van der Waals surface area contributed by atoms with Crippen molar-refractivity contribution in [1.82, 2.24) is 10.0 Å². The van der Waals surface area contributed by atoms with Crippen molar-refractivity contribution in [1.29, 1.82) is 0 Å². The molecular formula is C17H20N2O4S. The van der Waals surface area contributed by atoms with E-state index in [9.17, 15) is 13.2 Å². The molecule has 0 fully saturated rings. The van der Waals surface area contributed by atoms with Crippen molar-refractivity contribution >= 4 is 15.9 Å². The molecule has 6 nitrogen and oxygen atoms in total. The molecule has 2 aromatic rings. The molecule has 3 rings (SSSR count). The molecule has 1 aromatic heterocycles. The van der Waals surface area contributed by atoms with E-state index in [0.717, 1.165) is 19.3 Å². The van der Waals surface area contributed by atoms with Gasteiger partial charge in [-0.05, 0) is 49.6 Å². The summed E-state index contributed by atoms with van der Waals surface area (Å²) in [6, 6.07) is 10.9. The Hall–Kier alpha value is -2.12. The predicted molar refractivity (Wildman–Crippen MR) is 89.4 cm³/mol. The van der Waals surface area contributed by atoms with Crippen LogP contribution in [-0.4, -0.2) is 27.9 Å². The number of benzene rings is 1. The third-order valence-corrected chi connectivity index (χ3v) is 5.63. The summed E-state index contributed by atoms with van der Waals surface area (Å²) in [6.07, 6.45) is 3.20. The first-order chi connectivity index (χ1) is 11.5. The number of sulfonamides is 1. The van der Waals surface area contributed by atoms with Gasteiger partial charge in [0, 0.05) is 12.5 Å². The summed E-state index contributed by atoms with van der Waals surface area (Å²) < 4.78 is 30.6. The predicted octanol–water partition coefficient (Wildman–Crippen LogP) is 2.04. The highest BCUT2D eigenvalue weighted by atomic mass is 32.2. The third-order valence-electron chi connectivity index (χ3n) is 4.34. The Kier molecular flexibility index (Phi) is 4.73. The highest BCUT2D eigenvalue weighted by molar-refractivity contribution is 7.89.